The van der Waals surface area contributed by atoms with Crippen molar-refractivity contribution >= 4 is 75.6 Å². The summed E-state index contributed by atoms with van der Waals surface area (Å²) in [5.41, 5.74) is 2.78. The lowest BCUT2D eigenvalue weighted by Crippen LogP contribution is -2.25. The molecule has 166 valence electrons. The number of halogens is 2. The number of carbonyl (C=O) groups is 3. The Morgan fingerprint density at radius 1 is 1.16 bits per heavy atom. The average Bonchev–Trinajstić information content (AvgIpc) is 3.39. The number of aromatic hydroxyl groups is 1. The van der Waals surface area contributed by atoms with Crippen LogP contribution in [0.2, 0.25) is 10.0 Å². The fourth-order valence-corrected chi connectivity index (χ4v) is 4.56. The minimum atomic E-state index is -0.680. The van der Waals surface area contributed by atoms with Crippen molar-refractivity contribution in [3.05, 3.63) is 55.5 Å². The predicted molar refractivity (Wildman–Crippen MR) is 126 cm³/mol. The maximum Gasteiger partial charge on any atom is 0.329 e. The highest BCUT2D eigenvalue weighted by molar-refractivity contribution is 7.16. The average molecular weight is 512 g/mol. The minimum absolute atomic E-state index is 0.154. The summed E-state index contributed by atoms with van der Waals surface area (Å²) in [4.78, 5) is 41.2. The van der Waals surface area contributed by atoms with Crippen LogP contribution >= 0.6 is 45.9 Å². The van der Waals surface area contributed by atoms with E-state index in [-0.39, 0.29) is 21.2 Å². The summed E-state index contributed by atoms with van der Waals surface area (Å²) in [6.07, 6.45) is 1.40. The van der Waals surface area contributed by atoms with Crippen LogP contribution in [0.4, 0.5) is 5.69 Å². The van der Waals surface area contributed by atoms with Crippen LogP contribution in [-0.4, -0.2) is 29.1 Å². The molecule has 2 aromatic heterocycles. The summed E-state index contributed by atoms with van der Waals surface area (Å²) in [6.45, 7) is 2.76. The first-order chi connectivity index (χ1) is 15.2. The van der Waals surface area contributed by atoms with Crippen molar-refractivity contribution in [1.29, 1.82) is 0 Å². The molecule has 0 spiro atoms. The van der Waals surface area contributed by atoms with Gasteiger partial charge in [-0.15, -0.1) is 22.7 Å². The number of hydrazone groups is 1. The van der Waals surface area contributed by atoms with Gasteiger partial charge in [0.2, 0.25) is 0 Å². The van der Waals surface area contributed by atoms with Crippen LogP contribution in [0.1, 0.15) is 33.2 Å². The molecule has 8 nitrogen and oxygen atoms in total. The van der Waals surface area contributed by atoms with Gasteiger partial charge >= 0.3 is 5.97 Å². The first-order valence-electron chi connectivity index (χ1n) is 8.89. The largest absolute Gasteiger partial charge is 0.504 e. The van der Waals surface area contributed by atoms with Gasteiger partial charge in [0.1, 0.15) is 5.69 Å². The Labute approximate surface area is 200 Å². The van der Waals surface area contributed by atoms with Crippen LogP contribution in [0.25, 0.3) is 10.4 Å². The van der Waals surface area contributed by atoms with Gasteiger partial charge in [0.15, 0.2) is 5.75 Å². The van der Waals surface area contributed by atoms with Crippen LogP contribution in [0.15, 0.2) is 40.8 Å². The zero-order valence-corrected chi connectivity index (χ0v) is 19.7. The number of benzene rings is 1. The molecule has 32 heavy (non-hydrogen) atoms. The van der Waals surface area contributed by atoms with Crippen LogP contribution < -0.4 is 10.5 Å². The van der Waals surface area contributed by atoms with Crippen molar-refractivity contribution in [2.45, 2.75) is 13.8 Å². The normalized spacial score (nSPS) is 10.9. The molecule has 2 N–H and O–H groups in total. The Morgan fingerprint density at radius 3 is 2.53 bits per heavy atom. The molecule has 2 amide bonds. The number of hydroxylamine groups is 1. The minimum Gasteiger partial charge on any atom is -0.504 e. The number of hydrogen-bond donors (Lipinski definition) is 2. The Hall–Kier alpha value is -2.92. The van der Waals surface area contributed by atoms with Crippen LogP contribution in [0.5, 0.6) is 5.75 Å². The summed E-state index contributed by atoms with van der Waals surface area (Å²) in [5.74, 6) is -2.07. The van der Waals surface area contributed by atoms with Gasteiger partial charge in [-0.2, -0.15) is 15.6 Å². The van der Waals surface area contributed by atoms with E-state index >= 15 is 0 Å². The number of rotatable bonds is 5. The highest BCUT2D eigenvalue weighted by atomic mass is 35.5. The maximum atomic E-state index is 13.1. The number of nitrogens with one attached hydrogen (secondary N) is 1. The number of hydrogen-bond acceptors (Lipinski definition) is 8. The van der Waals surface area contributed by atoms with Gasteiger partial charge in [0.25, 0.3) is 11.8 Å². The van der Waals surface area contributed by atoms with E-state index in [1.807, 2.05) is 5.48 Å². The third-order valence-electron chi connectivity index (χ3n) is 3.91. The van der Waals surface area contributed by atoms with Crippen LogP contribution in [-0.2, 0) is 9.63 Å². The molecule has 0 aliphatic carbocycles. The smallest absolute Gasteiger partial charge is 0.329 e. The summed E-state index contributed by atoms with van der Waals surface area (Å²) in [6, 6.07) is 7.78. The standard InChI is InChI=1S/C20H15Cl2N3O5S2/c1-3-23-25(20(29)16-7-6-15(32-16)19(28)24-30-10(2)26)14-9-31-18(17(14)27)11-4-5-12(21)13(22)8-11/h3-9,27H,1-2H3,(H,24,28). The van der Waals surface area contributed by atoms with E-state index < -0.39 is 17.8 Å². The third kappa shape index (κ3) is 5.10. The molecule has 0 saturated heterocycles. The van der Waals surface area contributed by atoms with Crippen molar-refractivity contribution in [1.82, 2.24) is 5.48 Å². The van der Waals surface area contributed by atoms with Crippen molar-refractivity contribution in [2.24, 2.45) is 5.10 Å². The molecule has 0 fully saturated rings. The number of carbonyl (C=O) groups excluding carboxylic acids is 3. The highest BCUT2D eigenvalue weighted by Gasteiger charge is 2.26. The van der Waals surface area contributed by atoms with Crippen molar-refractivity contribution in [2.75, 3.05) is 5.01 Å². The number of nitrogens with zero attached hydrogens (tertiary/aromatic N) is 2. The zero-order valence-electron chi connectivity index (χ0n) is 16.6. The first kappa shape index (κ1) is 23.7. The molecule has 0 saturated carbocycles. The maximum absolute atomic E-state index is 13.1. The van der Waals surface area contributed by atoms with Gasteiger partial charge in [-0.1, -0.05) is 29.3 Å². The Balaban J connectivity index is 1.90. The third-order valence-corrected chi connectivity index (χ3v) is 6.72. The fraction of sp³-hybridized carbons (Fsp3) is 0.100. The van der Waals surface area contributed by atoms with Gasteiger partial charge < -0.3 is 9.94 Å². The van der Waals surface area contributed by atoms with Gasteiger partial charge in [-0.3, -0.25) is 14.4 Å². The number of thiophene rings is 2. The predicted octanol–water partition coefficient (Wildman–Crippen LogP) is 5.35. The van der Waals surface area contributed by atoms with Gasteiger partial charge in [-0.25, -0.2) is 0 Å². The van der Waals surface area contributed by atoms with E-state index in [1.54, 1.807) is 30.5 Å². The monoisotopic (exact) mass is 511 g/mol. The Morgan fingerprint density at radius 2 is 1.88 bits per heavy atom. The molecule has 0 aliphatic rings. The summed E-state index contributed by atoms with van der Waals surface area (Å²) in [5, 5.41) is 18.2. The van der Waals surface area contributed by atoms with Crippen molar-refractivity contribution < 1.29 is 24.3 Å². The molecule has 2 heterocycles. The van der Waals surface area contributed by atoms with E-state index in [0.29, 0.717) is 20.5 Å². The topological polar surface area (TPSA) is 108 Å². The summed E-state index contributed by atoms with van der Waals surface area (Å²) in [7, 11) is 0. The molecule has 0 atom stereocenters. The van der Waals surface area contributed by atoms with Gasteiger partial charge in [0.05, 0.1) is 24.7 Å². The van der Waals surface area contributed by atoms with Crippen LogP contribution in [0, 0.1) is 0 Å². The second kappa shape index (κ2) is 10.1. The summed E-state index contributed by atoms with van der Waals surface area (Å²) >= 11 is 14.1. The lowest BCUT2D eigenvalue weighted by Gasteiger charge is -2.15. The van der Waals surface area contributed by atoms with Crippen molar-refractivity contribution in [3.63, 3.8) is 0 Å². The molecular weight excluding hydrogens is 497 g/mol. The van der Waals surface area contributed by atoms with E-state index in [0.717, 1.165) is 23.3 Å². The summed E-state index contributed by atoms with van der Waals surface area (Å²) < 4.78 is 0. The van der Waals surface area contributed by atoms with Gasteiger partial charge in [-0.05, 0) is 36.8 Å². The second-order valence-electron chi connectivity index (χ2n) is 6.11. The van der Waals surface area contributed by atoms with Gasteiger partial charge in [0, 0.05) is 18.5 Å². The SMILES string of the molecule is CC=NN(C(=O)c1ccc(C(=O)NOC(C)=O)s1)c1csc(-c2ccc(Cl)c(Cl)c2)c1O. The molecule has 0 radical (unpaired) electrons. The lowest BCUT2D eigenvalue weighted by atomic mass is 10.1. The molecular formula is C20H15Cl2N3O5S2. The van der Waals surface area contributed by atoms with E-state index in [2.05, 4.69) is 9.94 Å². The molecule has 1 aromatic carbocycles. The number of anilines is 1. The zero-order chi connectivity index (χ0) is 23.4. The molecule has 0 bridgehead atoms. The molecule has 0 unspecified atom stereocenters. The molecule has 0 aliphatic heterocycles. The molecule has 3 rings (SSSR count). The van der Waals surface area contributed by atoms with Crippen molar-refractivity contribution in [3.8, 4) is 16.2 Å². The first-order valence-corrected chi connectivity index (χ1v) is 11.3. The van der Waals surface area contributed by atoms with E-state index in [4.69, 9.17) is 23.2 Å². The highest BCUT2D eigenvalue weighted by Crippen LogP contribution is 2.45. The number of amides is 2. The molecule has 3 aromatic rings. The fourth-order valence-electron chi connectivity index (χ4n) is 2.52. The van der Waals surface area contributed by atoms with E-state index in [1.165, 1.54) is 29.7 Å². The second-order valence-corrected chi connectivity index (χ2v) is 8.88. The Bertz CT molecular complexity index is 1220. The van der Waals surface area contributed by atoms with E-state index in [9.17, 15) is 19.5 Å². The quantitative estimate of drug-likeness (QED) is 0.354. The molecule has 12 heteroatoms. The Kier molecular flexibility index (Phi) is 7.52. The lowest BCUT2D eigenvalue weighted by molar-refractivity contribution is -0.146. The van der Waals surface area contributed by atoms with Crippen LogP contribution in [0.3, 0.4) is 0 Å².